The van der Waals surface area contributed by atoms with Crippen LogP contribution in [0.4, 0.5) is 0 Å². The van der Waals surface area contributed by atoms with Crippen LogP contribution in [0, 0.1) is 6.92 Å². The van der Waals surface area contributed by atoms with E-state index in [4.69, 9.17) is 0 Å². The molecule has 0 radical (unpaired) electrons. The van der Waals surface area contributed by atoms with Crippen LogP contribution in [-0.4, -0.2) is 10.4 Å². The Morgan fingerprint density at radius 1 is 1.46 bits per heavy atom. The molecule has 0 spiro atoms. The van der Waals surface area contributed by atoms with Crippen LogP contribution in [0.15, 0.2) is 18.2 Å². The lowest BCUT2D eigenvalue weighted by molar-refractivity contribution is 0.205. The van der Waals surface area contributed by atoms with Gasteiger partial charge in [-0.05, 0) is 30.0 Å². The number of aliphatic hydroxyl groups is 1. The lowest BCUT2D eigenvalue weighted by Gasteiger charge is -2.10. The van der Waals surface area contributed by atoms with Crippen molar-refractivity contribution < 1.29 is 5.11 Å². The van der Waals surface area contributed by atoms with Crippen molar-refractivity contribution in [1.82, 2.24) is 0 Å². The maximum Gasteiger partial charge on any atom is 0.0886 e. The molecule has 0 amide bonds. The Kier molecular flexibility index (Phi) is 3.94. The predicted molar refractivity (Wildman–Crippen MR) is 59.3 cm³/mol. The molecule has 0 heterocycles. The van der Waals surface area contributed by atoms with Crippen molar-refractivity contribution in [3.05, 3.63) is 34.9 Å². The normalized spacial score (nSPS) is 12.9. The molecule has 0 saturated carbocycles. The summed E-state index contributed by atoms with van der Waals surface area (Å²) in [6, 6.07) is 6.15. The summed E-state index contributed by atoms with van der Waals surface area (Å²) in [7, 11) is 0. The molecular weight excluding hydrogens is 228 g/mol. The molecule has 1 N–H and O–H groups in total. The average Bonchev–Trinajstić information content (AvgIpc) is 2.16. The molecule has 0 aliphatic rings. The van der Waals surface area contributed by atoms with Crippen LogP contribution in [0.2, 0.25) is 0 Å². The smallest absolute Gasteiger partial charge is 0.0886 e. The molecule has 1 nitrogen and oxygen atoms in total. The van der Waals surface area contributed by atoms with Gasteiger partial charge < -0.3 is 5.11 Å². The zero-order chi connectivity index (χ0) is 9.84. The Morgan fingerprint density at radius 2 is 2.15 bits per heavy atom. The fourth-order valence-electron chi connectivity index (χ4n) is 1.41. The molecule has 1 atom stereocenters. The third-order valence-electron chi connectivity index (χ3n) is 2.28. The van der Waals surface area contributed by atoms with Crippen LogP contribution in [0.1, 0.15) is 29.7 Å². The van der Waals surface area contributed by atoms with Gasteiger partial charge in [0.1, 0.15) is 0 Å². The molecule has 0 fully saturated rings. The maximum absolute atomic E-state index is 9.57. The Bertz CT molecular complexity index is 283. The summed E-state index contributed by atoms with van der Waals surface area (Å²) in [4.78, 5) is 0. The second kappa shape index (κ2) is 4.77. The second-order valence-electron chi connectivity index (χ2n) is 3.21. The first kappa shape index (κ1) is 10.7. The van der Waals surface area contributed by atoms with Crippen LogP contribution in [0.3, 0.4) is 0 Å². The lowest BCUT2D eigenvalue weighted by Crippen LogP contribution is -1.99. The molecule has 0 saturated heterocycles. The van der Waals surface area contributed by atoms with E-state index in [1.165, 1.54) is 11.1 Å². The van der Waals surface area contributed by atoms with Crippen molar-refractivity contribution >= 4 is 15.9 Å². The minimum atomic E-state index is -0.385. The summed E-state index contributed by atoms with van der Waals surface area (Å²) < 4.78 is 0. The minimum absolute atomic E-state index is 0.385. The monoisotopic (exact) mass is 242 g/mol. The summed E-state index contributed by atoms with van der Waals surface area (Å²) in [6.45, 7) is 4.23. The van der Waals surface area contributed by atoms with Gasteiger partial charge in [-0.2, -0.15) is 0 Å². The van der Waals surface area contributed by atoms with Crippen LogP contribution >= 0.6 is 15.9 Å². The third kappa shape index (κ3) is 2.55. The summed E-state index contributed by atoms with van der Waals surface area (Å²) in [5.41, 5.74) is 3.61. The van der Waals surface area contributed by atoms with Gasteiger partial charge in [-0.25, -0.2) is 0 Å². The van der Waals surface area contributed by atoms with E-state index in [2.05, 4.69) is 41.9 Å². The number of rotatable bonds is 3. The lowest BCUT2D eigenvalue weighted by atomic mass is 10.0. The Balaban J connectivity index is 2.95. The van der Waals surface area contributed by atoms with E-state index < -0.39 is 0 Å². The Hall–Kier alpha value is -0.340. The van der Waals surface area contributed by atoms with Gasteiger partial charge in [0.05, 0.1) is 6.10 Å². The molecule has 1 aromatic rings. The molecule has 0 aliphatic heterocycles. The Morgan fingerprint density at radius 3 is 2.62 bits per heavy atom. The van der Waals surface area contributed by atoms with Crippen LogP contribution in [-0.2, 0) is 6.42 Å². The fourth-order valence-corrected chi connectivity index (χ4v) is 1.79. The van der Waals surface area contributed by atoms with E-state index in [0.717, 1.165) is 12.0 Å². The number of halogens is 1. The van der Waals surface area contributed by atoms with Crippen molar-refractivity contribution in [1.29, 1.82) is 0 Å². The van der Waals surface area contributed by atoms with Gasteiger partial charge in [-0.1, -0.05) is 41.1 Å². The molecule has 0 aromatic heterocycles. The summed E-state index contributed by atoms with van der Waals surface area (Å²) in [5.74, 6) is 0. The van der Waals surface area contributed by atoms with E-state index in [0.29, 0.717) is 5.33 Å². The summed E-state index contributed by atoms with van der Waals surface area (Å²) in [5, 5.41) is 10.2. The zero-order valence-electron chi connectivity index (χ0n) is 8.05. The third-order valence-corrected chi connectivity index (χ3v) is 2.89. The first-order valence-corrected chi connectivity index (χ1v) is 5.64. The minimum Gasteiger partial charge on any atom is -0.388 e. The van der Waals surface area contributed by atoms with Crippen molar-refractivity contribution in [2.75, 3.05) is 5.33 Å². The summed E-state index contributed by atoms with van der Waals surface area (Å²) in [6.07, 6.45) is 0.667. The molecule has 1 rings (SSSR count). The highest BCUT2D eigenvalue weighted by Crippen LogP contribution is 2.19. The number of hydrogen-bond acceptors (Lipinski definition) is 1. The average molecular weight is 243 g/mol. The zero-order valence-corrected chi connectivity index (χ0v) is 9.63. The molecule has 13 heavy (non-hydrogen) atoms. The van der Waals surface area contributed by atoms with Gasteiger partial charge in [-0.15, -0.1) is 0 Å². The number of benzene rings is 1. The van der Waals surface area contributed by atoms with Crippen molar-refractivity contribution in [2.24, 2.45) is 0 Å². The van der Waals surface area contributed by atoms with Gasteiger partial charge in [0.25, 0.3) is 0 Å². The molecule has 2 heteroatoms. The van der Waals surface area contributed by atoms with Crippen molar-refractivity contribution in [3.63, 3.8) is 0 Å². The predicted octanol–water partition coefficient (Wildman–Crippen LogP) is 2.99. The molecule has 1 aromatic carbocycles. The highest BCUT2D eigenvalue weighted by atomic mass is 79.9. The molecular formula is C11H15BrO. The van der Waals surface area contributed by atoms with E-state index in [1.807, 2.05) is 6.07 Å². The van der Waals surface area contributed by atoms with Crippen molar-refractivity contribution in [2.45, 2.75) is 26.4 Å². The highest BCUT2D eigenvalue weighted by molar-refractivity contribution is 9.09. The van der Waals surface area contributed by atoms with Crippen LogP contribution in [0.5, 0.6) is 0 Å². The second-order valence-corrected chi connectivity index (χ2v) is 3.86. The quantitative estimate of drug-likeness (QED) is 0.809. The standard InChI is InChI=1S/C11H15BrO/c1-3-9-4-5-10(6-8(9)2)11(13)7-12/h4-6,11,13H,3,7H2,1-2H3. The largest absolute Gasteiger partial charge is 0.388 e. The first-order chi connectivity index (χ1) is 6.19. The van der Waals surface area contributed by atoms with E-state index in [9.17, 15) is 5.11 Å². The molecule has 0 aliphatic carbocycles. The van der Waals surface area contributed by atoms with Crippen molar-refractivity contribution in [3.8, 4) is 0 Å². The van der Waals surface area contributed by atoms with Gasteiger partial charge in [-0.3, -0.25) is 0 Å². The van der Waals surface area contributed by atoms with Gasteiger partial charge >= 0.3 is 0 Å². The van der Waals surface area contributed by atoms with Crippen LogP contribution in [0.25, 0.3) is 0 Å². The van der Waals surface area contributed by atoms with E-state index >= 15 is 0 Å². The number of aryl methyl sites for hydroxylation is 2. The van der Waals surface area contributed by atoms with Gasteiger partial charge in [0.2, 0.25) is 0 Å². The van der Waals surface area contributed by atoms with E-state index in [1.54, 1.807) is 0 Å². The van der Waals surface area contributed by atoms with Crippen LogP contribution < -0.4 is 0 Å². The number of hydrogen-bond donors (Lipinski definition) is 1. The number of aliphatic hydroxyl groups excluding tert-OH is 1. The van der Waals surface area contributed by atoms with Gasteiger partial charge in [0, 0.05) is 5.33 Å². The fraction of sp³-hybridized carbons (Fsp3) is 0.455. The molecule has 1 unspecified atom stereocenters. The molecule has 0 bridgehead atoms. The van der Waals surface area contributed by atoms with Gasteiger partial charge in [0.15, 0.2) is 0 Å². The number of alkyl halides is 1. The Labute approximate surface area is 87.9 Å². The highest BCUT2D eigenvalue weighted by Gasteiger charge is 2.06. The van der Waals surface area contributed by atoms with E-state index in [-0.39, 0.29) is 6.10 Å². The molecule has 72 valence electrons. The topological polar surface area (TPSA) is 20.2 Å². The first-order valence-electron chi connectivity index (χ1n) is 4.52. The maximum atomic E-state index is 9.57. The SMILES string of the molecule is CCc1ccc(C(O)CBr)cc1C. The summed E-state index contributed by atoms with van der Waals surface area (Å²) >= 11 is 3.26.